The van der Waals surface area contributed by atoms with Crippen LogP contribution in [0, 0.1) is 11.3 Å². The normalized spacial score (nSPS) is 27.6. The molecule has 1 aliphatic carbocycles. The molecule has 0 aliphatic heterocycles. The van der Waals surface area contributed by atoms with Gasteiger partial charge in [0, 0.05) is 11.3 Å². The highest BCUT2D eigenvalue weighted by Crippen LogP contribution is 2.36. The van der Waals surface area contributed by atoms with E-state index >= 15 is 0 Å². The first kappa shape index (κ1) is 11.6. The van der Waals surface area contributed by atoms with E-state index < -0.39 is 0 Å². The van der Waals surface area contributed by atoms with Crippen LogP contribution in [0.5, 0.6) is 0 Å². The monoisotopic (exact) mass is 203 g/mol. The van der Waals surface area contributed by atoms with Crippen LogP contribution in [0.15, 0.2) is 0 Å². The average molecular weight is 203 g/mol. The highest BCUT2D eigenvalue weighted by Gasteiger charge is 2.40. The molecule has 0 spiro atoms. The van der Waals surface area contributed by atoms with Crippen molar-refractivity contribution in [3.63, 3.8) is 0 Å². The van der Waals surface area contributed by atoms with E-state index in [2.05, 4.69) is 4.84 Å². The fourth-order valence-electron chi connectivity index (χ4n) is 1.61. The maximum Gasteiger partial charge on any atom is 0.141 e. The summed E-state index contributed by atoms with van der Waals surface area (Å²) in [5, 5.41) is 16.4. The Bertz CT molecular complexity index is 215. The molecule has 0 saturated heterocycles. The zero-order chi connectivity index (χ0) is 10.9. The molecule has 14 heavy (non-hydrogen) atoms. The zero-order valence-electron chi connectivity index (χ0n) is 8.73. The summed E-state index contributed by atoms with van der Waals surface area (Å²) in [5.41, 5.74) is -0.326. The van der Waals surface area contributed by atoms with E-state index in [1.807, 2.05) is 20.8 Å². The van der Waals surface area contributed by atoms with Crippen LogP contribution >= 0.6 is 0 Å². The van der Waals surface area contributed by atoms with Gasteiger partial charge in [0.05, 0.1) is 11.5 Å². The summed E-state index contributed by atoms with van der Waals surface area (Å²) in [6.45, 7) is 5.65. The van der Waals surface area contributed by atoms with E-state index in [-0.39, 0.29) is 28.6 Å². The van der Waals surface area contributed by atoms with Crippen molar-refractivity contribution in [1.29, 1.82) is 0 Å². The van der Waals surface area contributed by atoms with Crippen LogP contribution in [0.1, 0.15) is 33.6 Å². The number of rotatable bonds is 3. The van der Waals surface area contributed by atoms with Gasteiger partial charge in [-0.2, -0.15) is 0 Å². The molecule has 2 N–H and O–H groups in total. The maximum absolute atomic E-state index is 11.7. The molecule has 0 bridgehead atoms. The molecule has 1 fully saturated rings. The number of ketones is 1. The van der Waals surface area contributed by atoms with Crippen LogP contribution in [0.25, 0.3) is 0 Å². The summed E-state index contributed by atoms with van der Waals surface area (Å²) in [5.74, 6) is 0.208. The Balaban J connectivity index is 2.31. The van der Waals surface area contributed by atoms with Gasteiger partial charge in [0.1, 0.15) is 5.78 Å². The minimum Gasteiger partial charge on any atom is -0.299 e. The van der Waals surface area contributed by atoms with Crippen molar-refractivity contribution in [2.45, 2.75) is 39.7 Å². The fourth-order valence-corrected chi connectivity index (χ4v) is 1.61. The first-order valence-corrected chi connectivity index (χ1v) is 4.69. The van der Waals surface area contributed by atoms with E-state index in [4.69, 9.17) is 10.4 Å². The van der Waals surface area contributed by atoms with Gasteiger partial charge in [-0.1, -0.05) is 20.8 Å². The lowest BCUT2D eigenvalue weighted by molar-refractivity contribution is -0.510. The third-order valence-corrected chi connectivity index (χ3v) is 2.45. The molecule has 0 atom stereocenters. The predicted octanol–water partition coefficient (Wildman–Crippen LogP) is 1.39. The molecule has 0 heterocycles. The lowest BCUT2D eigenvalue weighted by Gasteiger charge is -2.36. The molecule has 0 aromatic heterocycles. The topological polar surface area (TPSA) is 70.0 Å². The highest BCUT2D eigenvalue weighted by molar-refractivity contribution is 5.86. The highest BCUT2D eigenvalue weighted by atomic mass is 17.1. The number of nitrogens with zero attached hydrogens (tertiary/aromatic N) is 1. The third-order valence-electron chi connectivity index (χ3n) is 2.45. The molecular weight excluding hydrogens is 186 g/mol. The van der Waals surface area contributed by atoms with Crippen LogP contribution in [-0.4, -0.2) is 27.7 Å². The van der Waals surface area contributed by atoms with Crippen LogP contribution < -0.4 is 0 Å². The van der Waals surface area contributed by atoms with E-state index in [0.717, 1.165) is 0 Å². The first-order valence-electron chi connectivity index (χ1n) is 4.69. The SMILES string of the molecule is CC(C)(C)C(=O)C1CC(ON(O)O)C1. The lowest BCUT2D eigenvalue weighted by Crippen LogP contribution is -2.43. The summed E-state index contributed by atoms with van der Waals surface area (Å²) in [6.07, 6.45) is 0.878. The number of hydrogen-bond acceptors (Lipinski definition) is 5. The fraction of sp³-hybridized carbons (Fsp3) is 0.889. The van der Waals surface area contributed by atoms with Gasteiger partial charge in [-0.3, -0.25) is 15.2 Å². The number of carbonyl (C=O) groups excluding carboxylic acids is 1. The van der Waals surface area contributed by atoms with Gasteiger partial charge in [-0.15, -0.1) is 0 Å². The van der Waals surface area contributed by atoms with Crippen molar-refractivity contribution >= 4 is 5.78 Å². The summed E-state index contributed by atoms with van der Waals surface area (Å²) in [7, 11) is 0. The van der Waals surface area contributed by atoms with Crippen LogP contribution in [0.3, 0.4) is 0 Å². The minimum absolute atomic E-state index is 0.0000463. The minimum atomic E-state index is -0.326. The molecule has 0 unspecified atom stereocenters. The smallest absolute Gasteiger partial charge is 0.141 e. The standard InChI is InChI=1S/C9H17NO4/c1-9(2,3)8(11)6-4-7(5-6)14-10(12)13/h6-7,12-13H,4-5H2,1-3H3. The molecule has 82 valence electrons. The van der Waals surface area contributed by atoms with Crippen LogP contribution in [0.2, 0.25) is 0 Å². The van der Waals surface area contributed by atoms with Crippen molar-refractivity contribution < 1.29 is 20.0 Å². The van der Waals surface area contributed by atoms with Gasteiger partial charge >= 0.3 is 0 Å². The van der Waals surface area contributed by atoms with Crippen molar-refractivity contribution in [3.05, 3.63) is 0 Å². The summed E-state index contributed by atoms with van der Waals surface area (Å²) >= 11 is 0. The predicted molar refractivity (Wildman–Crippen MR) is 47.5 cm³/mol. The molecule has 5 nitrogen and oxygen atoms in total. The van der Waals surface area contributed by atoms with Gasteiger partial charge in [0.25, 0.3) is 0 Å². The van der Waals surface area contributed by atoms with Gasteiger partial charge in [-0.25, -0.2) is 4.84 Å². The number of Topliss-reactive ketones (excluding diaryl/α,β-unsaturated/α-hetero) is 1. The quantitative estimate of drug-likeness (QED) is 0.678. The largest absolute Gasteiger partial charge is 0.299 e. The molecule has 5 heteroatoms. The Labute approximate surface area is 83.1 Å². The molecule has 0 amide bonds. The summed E-state index contributed by atoms with van der Waals surface area (Å²) in [4.78, 5) is 16.3. The maximum atomic E-state index is 11.7. The second-order valence-corrected chi connectivity index (χ2v) is 4.76. The Kier molecular flexibility index (Phi) is 3.26. The van der Waals surface area contributed by atoms with Crippen molar-refractivity contribution in [2.75, 3.05) is 0 Å². The summed E-state index contributed by atoms with van der Waals surface area (Å²) < 4.78 is 0. The van der Waals surface area contributed by atoms with Crippen molar-refractivity contribution in [3.8, 4) is 0 Å². The van der Waals surface area contributed by atoms with Crippen LogP contribution in [0.4, 0.5) is 0 Å². The Morgan fingerprint density at radius 3 is 2.21 bits per heavy atom. The van der Waals surface area contributed by atoms with Gasteiger partial charge in [0.2, 0.25) is 0 Å². The second kappa shape index (κ2) is 3.94. The van der Waals surface area contributed by atoms with E-state index in [1.165, 1.54) is 0 Å². The molecule has 0 aromatic rings. The van der Waals surface area contributed by atoms with Crippen molar-refractivity contribution in [1.82, 2.24) is 5.39 Å². The molecule has 0 radical (unpaired) electrons. The lowest BCUT2D eigenvalue weighted by atomic mass is 9.71. The van der Waals surface area contributed by atoms with Gasteiger partial charge in [-0.05, 0) is 12.8 Å². The molecule has 1 aliphatic rings. The van der Waals surface area contributed by atoms with E-state index in [9.17, 15) is 4.79 Å². The average Bonchev–Trinajstić information content (AvgIpc) is 1.92. The van der Waals surface area contributed by atoms with E-state index in [0.29, 0.717) is 12.8 Å². The molecule has 1 saturated carbocycles. The van der Waals surface area contributed by atoms with Gasteiger partial charge in [0.15, 0.2) is 0 Å². The third kappa shape index (κ3) is 2.75. The van der Waals surface area contributed by atoms with E-state index in [1.54, 1.807) is 0 Å². The Hall–Kier alpha value is -0.490. The zero-order valence-corrected chi connectivity index (χ0v) is 8.73. The first-order chi connectivity index (χ1) is 6.30. The van der Waals surface area contributed by atoms with Crippen molar-refractivity contribution in [2.24, 2.45) is 11.3 Å². The number of carbonyl (C=O) groups is 1. The second-order valence-electron chi connectivity index (χ2n) is 4.76. The summed E-state index contributed by atoms with van der Waals surface area (Å²) in [6, 6.07) is 0. The Morgan fingerprint density at radius 1 is 1.36 bits per heavy atom. The Morgan fingerprint density at radius 2 is 1.86 bits per heavy atom. The van der Waals surface area contributed by atoms with Gasteiger partial charge < -0.3 is 0 Å². The molecule has 1 rings (SSSR count). The number of hydrogen-bond donors (Lipinski definition) is 2. The van der Waals surface area contributed by atoms with Crippen LogP contribution in [-0.2, 0) is 9.63 Å². The molecule has 0 aromatic carbocycles. The molecular formula is C9H17NO4.